The molecule has 2 aromatic carbocycles. The molecule has 31 heavy (non-hydrogen) atoms. The molecule has 0 bridgehead atoms. The number of carbonyl (C=O) groups excluding carboxylic acids is 2. The molecule has 2 aromatic rings. The molecule has 2 amide bonds. The van der Waals surface area contributed by atoms with Crippen LogP contribution in [0.5, 0.6) is 0 Å². The lowest BCUT2D eigenvalue weighted by Crippen LogP contribution is -2.45. The van der Waals surface area contributed by atoms with Crippen LogP contribution in [0.15, 0.2) is 54.6 Å². The van der Waals surface area contributed by atoms with Crippen molar-refractivity contribution >= 4 is 11.8 Å². The number of hydrogen-bond donors (Lipinski definition) is 0. The second kappa shape index (κ2) is 10.1. The van der Waals surface area contributed by atoms with Crippen molar-refractivity contribution in [1.29, 1.82) is 0 Å². The van der Waals surface area contributed by atoms with Gasteiger partial charge in [0.1, 0.15) is 5.82 Å². The van der Waals surface area contributed by atoms with Gasteiger partial charge in [0, 0.05) is 57.3 Å². The van der Waals surface area contributed by atoms with Gasteiger partial charge in [-0.05, 0) is 49.1 Å². The van der Waals surface area contributed by atoms with Gasteiger partial charge in [-0.1, -0.05) is 30.3 Å². The van der Waals surface area contributed by atoms with E-state index in [1.54, 1.807) is 4.90 Å². The SMILES string of the molecule is O=C(c1ccc(F)cc1)N1CCC(C(=O)N2CCCN(Cc3ccccc3)CC2)CC1. The maximum atomic E-state index is 13.1. The Kier molecular flexibility index (Phi) is 6.97. The van der Waals surface area contributed by atoms with Crippen molar-refractivity contribution < 1.29 is 14.0 Å². The fraction of sp³-hybridized carbons (Fsp3) is 0.440. The monoisotopic (exact) mass is 423 g/mol. The van der Waals surface area contributed by atoms with E-state index in [0.29, 0.717) is 31.5 Å². The molecule has 0 N–H and O–H groups in total. The molecule has 0 unspecified atom stereocenters. The van der Waals surface area contributed by atoms with Crippen molar-refractivity contribution in [2.24, 2.45) is 5.92 Å². The number of likely N-dealkylation sites (tertiary alicyclic amines) is 1. The van der Waals surface area contributed by atoms with E-state index in [0.717, 1.165) is 39.1 Å². The van der Waals surface area contributed by atoms with Gasteiger partial charge in [0.05, 0.1) is 0 Å². The third-order valence-corrected chi connectivity index (χ3v) is 6.37. The van der Waals surface area contributed by atoms with Crippen LogP contribution < -0.4 is 0 Å². The molecule has 0 saturated carbocycles. The highest BCUT2D eigenvalue weighted by atomic mass is 19.1. The second-order valence-electron chi connectivity index (χ2n) is 8.51. The molecule has 0 aliphatic carbocycles. The predicted molar refractivity (Wildman–Crippen MR) is 118 cm³/mol. The second-order valence-corrected chi connectivity index (χ2v) is 8.51. The van der Waals surface area contributed by atoms with Gasteiger partial charge in [0.15, 0.2) is 0 Å². The van der Waals surface area contributed by atoms with E-state index < -0.39 is 0 Å². The van der Waals surface area contributed by atoms with Crippen LogP contribution in [0, 0.1) is 11.7 Å². The minimum atomic E-state index is -0.347. The molecular weight excluding hydrogens is 393 g/mol. The number of piperidine rings is 1. The van der Waals surface area contributed by atoms with Crippen LogP contribution in [0.25, 0.3) is 0 Å². The van der Waals surface area contributed by atoms with Crippen molar-refractivity contribution in [2.45, 2.75) is 25.8 Å². The molecule has 164 valence electrons. The Morgan fingerprint density at radius 2 is 1.52 bits per heavy atom. The van der Waals surface area contributed by atoms with Gasteiger partial charge in [-0.25, -0.2) is 4.39 Å². The van der Waals surface area contributed by atoms with Crippen molar-refractivity contribution in [3.05, 3.63) is 71.5 Å². The van der Waals surface area contributed by atoms with Crippen LogP contribution in [0.2, 0.25) is 0 Å². The van der Waals surface area contributed by atoms with Gasteiger partial charge < -0.3 is 9.80 Å². The first-order valence-corrected chi connectivity index (χ1v) is 11.2. The Hall–Kier alpha value is -2.73. The Bertz CT molecular complexity index is 879. The molecular formula is C25H30FN3O2. The summed E-state index contributed by atoms with van der Waals surface area (Å²) in [7, 11) is 0. The first-order chi connectivity index (χ1) is 15.1. The standard InChI is InChI=1S/C25H30FN3O2/c26-23-9-7-21(8-10-23)24(30)29-15-11-22(12-16-29)25(31)28-14-4-13-27(17-18-28)19-20-5-2-1-3-6-20/h1-3,5-10,22H,4,11-19H2. The van der Waals surface area contributed by atoms with Crippen LogP contribution >= 0.6 is 0 Å². The van der Waals surface area contributed by atoms with Crippen LogP contribution in [0.3, 0.4) is 0 Å². The Balaban J connectivity index is 1.26. The van der Waals surface area contributed by atoms with Gasteiger partial charge in [-0.15, -0.1) is 0 Å². The van der Waals surface area contributed by atoms with Crippen LogP contribution in [0.1, 0.15) is 35.2 Å². The molecule has 0 aromatic heterocycles. The summed E-state index contributed by atoms with van der Waals surface area (Å²) in [5, 5.41) is 0. The average Bonchev–Trinajstić information content (AvgIpc) is 3.05. The summed E-state index contributed by atoms with van der Waals surface area (Å²) >= 11 is 0. The van der Waals surface area contributed by atoms with Crippen LogP contribution in [-0.4, -0.2) is 65.8 Å². The fourth-order valence-corrected chi connectivity index (χ4v) is 4.55. The number of benzene rings is 2. The zero-order valence-electron chi connectivity index (χ0n) is 17.9. The molecule has 2 fully saturated rings. The van der Waals surface area contributed by atoms with Gasteiger partial charge in [0.25, 0.3) is 5.91 Å². The molecule has 5 nitrogen and oxygen atoms in total. The summed E-state index contributed by atoms with van der Waals surface area (Å²) in [5.41, 5.74) is 1.80. The molecule has 0 atom stereocenters. The largest absolute Gasteiger partial charge is 0.341 e. The highest BCUT2D eigenvalue weighted by Crippen LogP contribution is 2.22. The van der Waals surface area contributed by atoms with Crippen molar-refractivity contribution in [1.82, 2.24) is 14.7 Å². The summed E-state index contributed by atoms with van der Waals surface area (Å²) in [6.45, 7) is 5.53. The number of carbonyl (C=O) groups is 2. The lowest BCUT2D eigenvalue weighted by Gasteiger charge is -2.34. The van der Waals surface area contributed by atoms with Crippen LogP contribution in [0.4, 0.5) is 4.39 Å². The van der Waals surface area contributed by atoms with E-state index >= 15 is 0 Å². The number of hydrogen-bond acceptors (Lipinski definition) is 3. The van der Waals surface area contributed by atoms with E-state index in [-0.39, 0.29) is 23.5 Å². The highest BCUT2D eigenvalue weighted by Gasteiger charge is 2.31. The summed E-state index contributed by atoms with van der Waals surface area (Å²) in [4.78, 5) is 32.0. The highest BCUT2D eigenvalue weighted by molar-refractivity contribution is 5.94. The summed E-state index contributed by atoms with van der Waals surface area (Å²) in [6.07, 6.45) is 2.37. The normalized spacial score (nSPS) is 18.6. The van der Waals surface area contributed by atoms with E-state index in [1.165, 1.54) is 29.8 Å². The lowest BCUT2D eigenvalue weighted by atomic mass is 9.94. The Morgan fingerprint density at radius 3 is 2.23 bits per heavy atom. The number of rotatable bonds is 4. The van der Waals surface area contributed by atoms with E-state index in [4.69, 9.17) is 0 Å². The lowest BCUT2D eigenvalue weighted by molar-refractivity contribution is -0.136. The first-order valence-electron chi connectivity index (χ1n) is 11.2. The maximum Gasteiger partial charge on any atom is 0.253 e. The van der Waals surface area contributed by atoms with Gasteiger partial charge in [-0.3, -0.25) is 14.5 Å². The fourth-order valence-electron chi connectivity index (χ4n) is 4.55. The summed E-state index contributed by atoms with van der Waals surface area (Å²) < 4.78 is 13.1. The third kappa shape index (κ3) is 5.50. The zero-order valence-corrected chi connectivity index (χ0v) is 17.9. The topological polar surface area (TPSA) is 43.9 Å². The number of amides is 2. The minimum absolute atomic E-state index is 0.0158. The van der Waals surface area contributed by atoms with E-state index in [9.17, 15) is 14.0 Å². The van der Waals surface area contributed by atoms with Crippen molar-refractivity contribution in [3.63, 3.8) is 0 Å². The predicted octanol–water partition coefficient (Wildman–Crippen LogP) is 3.41. The number of halogens is 1. The molecule has 6 heteroatoms. The Labute approximate surface area is 183 Å². The molecule has 0 radical (unpaired) electrons. The summed E-state index contributed by atoms with van der Waals surface area (Å²) in [6, 6.07) is 16.1. The van der Waals surface area contributed by atoms with E-state index in [2.05, 4.69) is 29.2 Å². The molecule has 2 aliphatic heterocycles. The maximum absolute atomic E-state index is 13.1. The minimum Gasteiger partial charge on any atom is -0.341 e. The molecule has 2 saturated heterocycles. The zero-order chi connectivity index (χ0) is 21.6. The summed E-state index contributed by atoms with van der Waals surface area (Å²) in [5.74, 6) is -0.216. The molecule has 0 spiro atoms. The quantitative estimate of drug-likeness (QED) is 0.757. The number of nitrogens with zero attached hydrogens (tertiary/aromatic N) is 3. The van der Waals surface area contributed by atoms with Gasteiger partial charge >= 0.3 is 0 Å². The Morgan fingerprint density at radius 1 is 0.806 bits per heavy atom. The van der Waals surface area contributed by atoms with Crippen molar-refractivity contribution in [2.75, 3.05) is 39.3 Å². The third-order valence-electron chi connectivity index (χ3n) is 6.37. The average molecular weight is 424 g/mol. The molecule has 2 heterocycles. The molecule has 2 aliphatic rings. The first kappa shape index (κ1) is 21.5. The van der Waals surface area contributed by atoms with Gasteiger partial charge in [-0.2, -0.15) is 0 Å². The van der Waals surface area contributed by atoms with E-state index in [1.807, 2.05) is 11.0 Å². The smallest absolute Gasteiger partial charge is 0.253 e. The molecule has 4 rings (SSSR count). The van der Waals surface area contributed by atoms with Crippen molar-refractivity contribution in [3.8, 4) is 0 Å². The van der Waals surface area contributed by atoms with Crippen LogP contribution in [-0.2, 0) is 11.3 Å². The van der Waals surface area contributed by atoms with Gasteiger partial charge in [0.2, 0.25) is 5.91 Å².